The molecule has 3 fully saturated rings. The van der Waals surface area contributed by atoms with E-state index in [1.54, 1.807) is 12.4 Å². The van der Waals surface area contributed by atoms with Crippen LogP contribution >= 0.6 is 11.6 Å². The first-order chi connectivity index (χ1) is 19.0. The third kappa shape index (κ3) is 4.61. The minimum Gasteiger partial charge on any atom is -0.374 e. The predicted octanol–water partition coefficient (Wildman–Crippen LogP) is 4.47. The number of hydrogen-bond acceptors (Lipinski definition) is 9. The van der Waals surface area contributed by atoms with E-state index in [1.165, 1.54) is 25.7 Å². The molecule has 1 saturated heterocycles. The molecule has 0 bridgehead atoms. The summed E-state index contributed by atoms with van der Waals surface area (Å²) in [4.78, 5) is 35.9. The molecular formula is C27H31ClN8O3. The lowest BCUT2D eigenvalue weighted by Crippen LogP contribution is -2.49. The normalized spacial score (nSPS) is 25.3. The Balaban J connectivity index is 1.44. The molecule has 0 aromatic carbocycles. The van der Waals surface area contributed by atoms with Gasteiger partial charge < -0.3 is 14.2 Å². The summed E-state index contributed by atoms with van der Waals surface area (Å²) in [5.74, 6) is 1.92. The average Bonchev–Trinajstić information content (AvgIpc) is 3.68. The molecule has 0 spiro atoms. The molecule has 7 rings (SSSR count). The quantitative estimate of drug-likeness (QED) is 0.382. The molecule has 1 N–H and O–H groups in total. The number of nitrogens with one attached hydrogen (secondary N) is 1. The van der Waals surface area contributed by atoms with Crippen molar-refractivity contribution in [2.45, 2.75) is 70.6 Å². The molecular weight excluding hydrogens is 520 g/mol. The van der Waals surface area contributed by atoms with Crippen molar-refractivity contribution >= 4 is 28.7 Å². The number of ether oxygens (including phenoxy) is 1. The van der Waals surface area contributed by atoms with Gasteiger partial charge >= 0.3 is 5.76 Å². The molecule has 0 unspecified atom stereocenters. The summed E-state index contributed by atoms with van der Waals surface area (Å²) in [5.41, 5.74) is 2.77. The lowest BCUT2D eigenvalue weighted by molar-refractivity contribution is 0.0247. The van der Waals surface area contributed by atoms with E-state index in [2.05, 4.69) is 31.5 Å². The fourth-order valence-electron chi connectivity index (χ4n) is 6.54. The molecule has 2 aliphatic carbocycles. The molecule has 2 saturated carbocycles. The van der Waals surface area contributed by atoms with E-state index >= 15 is 0 Å². The van der Waals surface area contributed by atoms with Gasteiger partial charge in [-0.15, -0.1) is 0 Å². The minimum absolute atomic E-state index is 0.151. The maximum Gasteiger partial charge on any atom is 0.439 e. The third-order valence-electron chi connectivity index (χ3n) is 8.53. The first kappa shape index (κ1) is 24.7. The van der Waals surface area contributed by atoms with Crippen molar-refractivity contribution in [1.29, 1.82) is 0 Å². The molecule has 39 heavy (non-hydrogen) atoms. The third-order valence-corrected chi connectivity index (χ3v) is 8.74. The van der Waals surface area contributed by atoms with Gasteiger partial charge in [0.25, 0.3) is 0 Å². The van der Waals surface area contributed by atoms with Crippen LogP contribution < -0.4 is 10.7 Å². The Labute approximate surface area is 230 Å². The highest BCUT2D eigenvalue weighted by Crippen LogP contribution is 2.39. The van der Waals surface area contributed by atoms with Crippen molar-refractivity contribution in [2.24, 2.45) is 11.8 Å². The van der Waals surface area contributed by atoms with Gasteiger partial charge in [0.05, 0.1) is 23.8 Å². The molecule has 4 aromatic heterocycles. The minimum atomic E-state index is -0.669. The zero-order valence-corrected chi connectivity index (χ0v) is 22.6. The largest absolute Gasteiger partial charge is 0.439 e. The van der Waals surface area contributed by atoms with Gasteiger partial charge in [-0.2, -0.15) is 4.98 Å². The first-order valence-electron chi connectivity index (χ1n) is 13.9. The van der Waals surface area contributed by atoms with Crippen LogP contribution in [0.25, 0.3) is 34.1 Å². The Morgan fingerprint density at radius 1 is 1.10 bits per heavy atom. The topological polar surface area (TPSA) is 128 Å². The Morgan fingerprint density at radius 2 is 1.97 bits per heavy atom. The summed E-state index contributed by atoms with van der Waals surface area (Å²) in [6, 6.07) is 2.13. The fourth-order valence-corrected chi connectivity index (χ4v) is 6.71. The number of aromatic amines is 1. The number of H-pyrrole nitrogens is 1. The number of imidazole rings is 1. The number of halogens is 1. The standard InChI is InChI=1S/C27H31ClN8O3/c1-15-5-7-16(8-6-15)14-36-22-21(17-11-18(28)13-29-12-17)30-24(25-33-27(37)39-34-25)31-23(22)32-26(36)35-9-10-38-20-4-2-3-19(20)35/h11-13,15-16,19-20H,2-10,14H2,1H3,(H,33,34,37)/t15?,16?,19-,20-/m1/s1. The molecule has 12 heteroatoms. The molecule has 1 aliphatic heterocycles. The van der Waals surface area contributed by atoms with E-state index in [9.17, 15) is 4.79 Å². The second kappa shape index (κ2) is 10.0. The zero-order chi connectivity index (χ0) is 26.5. The van der Waals surface area contributed by atoms with Crippen LogP contribution in [0.5, 0.6) is 0 Å². The molecule has 3 aliphatic rings. The fraction of sp³-hybridized carbons (Fsp3) is 0.556. The van der Waals surface area contributed by atoms with Crippen molar-refractivity contribution in [3.8, 4) is 22.9 Å². The number of rotatable bonds is 5. The first-order valence-corrected chi connectivity index (χ1v) is 14.2. The van der Waals surface area contributed by atoms with Crippen LogP contribution in [0.3, 0.4) is 0 Å². The van der Waals surface area contributed by atoms with E-state index in [1.807, 2.05) is 6.07 Å². The summed E-state index contributed by atoms with van der Waals surface area (Å²) >= 11 is 6.38. The van der Waals surface area contributed by atoms with E-state index in [0.29, 0.717) is 28.9 Å². The highest BCUT2D eigenvalue weighted by atomic mass is 35.5. The van der Waals surface area contributed by atoms with Crippen molar-refractivity contribution < 1.29 is 9.26 Å². The number of morpholine rings is 1. The van der Waals surface area contributed by atoms with Gasteiger partial charge in [-0.05, 0) is 50.0 Å². The highest BCUT2D eigenvalue weighted by Gasteiger charge is 2.39. The maximum atomic E-state index is 11.7. The van der Waals surface area contributed by atoms with Crippen LogP contribution in [-0.2, 0) is 11.3 Å². The summed E-state index contributed by atoms with van der Waals surface area (Å²) in [6.07, 6.45) is 11.7. The molecule has 204 valence electrons. The predicted molar refractivity (Wildman–Crippen MR) is 146 cm³/mol. The van der Waals surface area contributed by atoms with Crippen LogP contribution in [0.15, 0.2) is 27.8 Å². The van der Waals surface area contributed by atoms with Gasteiger partial charge in [0.1, 0.15) is 11.2 Å². The summed E-state index contributed by atoms with van der Waals surface area (Å²) in [6.45, 7) is 4.62. The maximum absolute atomic E-state index is 11.7. The van der Waals surface area contributed by atoms with Crippen LogP contribution in [0.2, 0.25) is 5.02 Å². The van der Waals surface area contributed by atoms with Crippen LogP contribution in [-0.4, -0.2) is 59.9 Å². The Morgan fingerprint density at radius 3 is 2.77 bits per heavy atom. The number of hydrogen-bond donors (Lipinski definition) is 1. The number of fused-ring (bicyclic) bond motifs is 2. The molecule has 11 nitrogen and oxygen atoms in total. The van der Waals surface area contributed by atoms with Gasteiger partial charge in [0.15, 0.2) is 5.65 Å². The smallest absolute Gasteiger partial charge is 0.374 e. The SMILES string of the molecule is CC1CCC(Cn2c(N3CCO[C@@H]4CCC[C@H]43)nc3nc(-c4noc(=O)[nH]4)nc(-c4cncc(Cl)c4)c32)CC1. The summed E-state index contributed by atoms with van der Waals surface area (Å²) in [7, 11) is 0. The van der Waals surface area contributed by atoms with E-state index in [0.717, 1.165) is 55.3 Å². The van der Waals surface area contributed by atoms with Gasteiger partial charge in [0, 0.05) is 31.0 Å². The highest BCUT2D eigenvalue weighted by molar-refractivity contribution is 6.30. The molecule has 2 atom stereocenters. The van der Waals surface area contributed by atoms with Crippen molar-refractivity contribution in [2.75, 3.05) is 18.1 Å². The Kier molecular flexibility index (Phi) is 6.35. The van der Waals surface area contributed by atoms with Gasteiger partial charge in [0.2, 0.25) is 17.6 Å². The van der Waals surface area contributed by atoms with Crippen LogP contribution in [0.4, 0.5) is 5.95 Å². The molecule has 5 heterocycles. The number of anilines is 1. The monoisotopic (exact) mass is 550 g/mol. The molecule has 0 amide bonds. The van der Waals surface area contributed by atoms with Gasteiger partial charge in [-0.1, -0.05) is 36.5 Å². The average molecular weight is 551 g/mol. The summed E-state index contributed by atoms with van der Waals surface area (Å²) < 4.78 is 13.2. The number of aromatic nitrogens is 7. The Bertz CT molecular complexity index is 1560. The van der Waals surface area contributed by atoms with Crippen molar-refractivity contribution in [3.63, 3.8) is 0 Å². The molecule has 4 aromatic rings. The summed E-state index contributed by atoms with van der Waals surface area (Å²) in [5, 5.41) is 4.34. The van der Waals surface area contributed by atoms with E-state index in [-0.39, 0.29) is 23.8 Å². The Hall–Kier alpha value is -3.31. The van der Waals surface area contributed by atoms with Crippen molar-refractivity contribution in [1.82, 2.24) is 34.6 Å². The molecule has 0 radical (unpaired) electrons. The van der Waals surface area contributed by atoms with Crippen LogP contribution in [0, 0.1) is 11.8 Å². The zero-order valence-electron chi connectivity index (χ0n) is 21.8. The second-order valence-corrected chi connectivity index (χ2v) is 11.6. The number of pyridine rings is 1. The van der Waals surface area contributed by atoms with Gasteiger partial charge in [-0.25, -0.2) is 14.8 Å². The lowest BCUT2D eigenvalue weighted by atomic mass is 9.83. The van der Waals surface area contributed by atoms with E-state index < -0.39 is 5.76 Å². The second-order valence-electron chi connectivity index (χ2n) is 11.2. The van der Waals surface area contributed by atoms with Crippen LogP contribution in [0.1, 0.15) is 51.9 Å². The van der Waals surface area contributed by atoms with Gasteiger partial charge in [-0.3, -0.25) is 14.5 Å². The lowest BCUT2D eigenvalue weighted by Gasteiger charge is -2.39. The van der Waals surface area contributed by atoms with Crippen molar-refractivity contribution in [3.05, 3.63) is 34.0 Å². The number of nitrogens with zero attached hydrogens (tertiary/aromatic N) is 7. The van der Waals surface area contributed by atoms with E-state index in [4.69, 9.17) is 35.8 Å².